The summed E-state index contributed by atoms with van der Waals surface area (Å²) in [6, 6.07) is 0. The summed E-state index contributed by atoms with van der Waals surface area (Å²) in [7, 11) is 0. The van der Waals surface area contributed by atoms with Crippen LogP contribution in [0.1, 0.15) is 30.1 Å². The van der Waals surface area contributed by atoms with Gasteiger partial charge in [-0.3, -0.25) is 0 Å². The van der Waals surface area contributed by atoms with Gasteiger partial charge in [-0.05, 0) is 12.8 Å². The van der Waals surface area contributed by atoms with Gasteiger partial charge in [0.25, 0.3) is 0 Å². The van der Waals surface area contributed by atoms with Crippen LogP contribution in [0.25, 0.3) is 0 Å². The van der Waals surface area contributed by atoms with Crippen molar-refractivity contribution >= 4 is 17.2 Å². The third kappa shape index (κ3) is 2.31. The molecule has 4 nitrogen and oxygen atoms in total. The lowest BCUT2D eigenvalue weighted by atomic mass is 10.2. The quantitative estimate of drug-likeness (QED) is 0.823. The summed E-state index contributed by atoms with van der Waals surface area (Å²) < 4.78 is 37.6. The van der Waals surface area contributed by atoms with Crippen molar-refractivity contribution in [1.29, 1.82) is 0 Å². The number of hydrogen-bond acceptors (Lipinski definition) is 3. The molecular formula is C8H9F3N4S. The smallest absolute Gasteiger partial charge is 0.388 e. The van der Waals surface area contributed by atoms with Crippen LogP contribution in [0.2, 0.25) is 0 Å². The maximum atomic E-state index is 12.3. The minimum atomic E-state index is -4.31. The van der Waals surface area contributed by atoms with E-state index < -0.39 is 12.7 Å². The lowest BCUT2D eigenvalue weighted by Crippen LogP contribution is -2.21. The number of nitrogens with two attached hydrogens (primary N) is 1. The Kier molecular flexibility index (Phi) is 2.61. The van der Waals surface area contributed by atoms with Crippen molar-refractivity contribution in [1.82, 2.24) is 15.0 Å². The fourth-order valence-electron chi connectivity index (χ4n) is 1.54. The molecule has 1 saturated carbocycles. The summed E-state index contributed by atoms with van der Waals surface area (Å²) in [5.41, 5.74) is 6.04. The molecule has 2 rings (SSSR count). The van der Waals surface area contributed by atoms with Crippen molar-refractivity contribution in [2.24, 2.45) is 5.73 Å². The van der Waals surface area contributed by atoms with E-state index in [4.69, 9.17) is 18.0 Å². The number of thiocarbonyl (C=S) groups is 1. The Balaban J connectivity index is 2.34. The molecule has 0 bridgehead atoms. The van der Waals surface area contributed by atoms with Gasteiger partial charge in [-0.2, -0.15) is 13.2 Å². The van der Waals surface area contributed by atoms with Crippen LogP contribution in [-0.4, -0.2) is 26.2 Å². The number of halogens is 3. The molecular weight excluding hydrogens is 241 g/mol. The molecule has 0 spiro atoms. The van der Waals surface area contributed by atoms with Gasteiger partial charge in [-0.1, -0.05) is 17.4 Å². The zero-order valence-corrected chi connectivity index (χ0v) is 8.98. The maximum absolute atomic E-state index is 12.3. The number of alkyl halides is 3. The monoisotopic (exact) mass is 250 g/mol. The fourth-order valence-corrected chi connectivity index (χ4v) is 1.69. The summed E-state index contributed by atoms with van der Waals surface area (Å²) in [6.45, 7) is -1.14. The number of aromatic nitrogens is 3. The number of hydrogen-bond donors (Lipinski definition) is 1. The molecule has 1 heterocycles. The van der Waals surface area contributed by atoms with Gasteiger partial charge < -0.3 is 5.73 Å². The highest BCUT2D eigenvalue weighted by Gasteiger charge is 2.36. The summed E-state index contributed by atoms with van der Waals surface area (Å²) >= 11 is 4.73. The summed E-state index contributed by atoms with van der Waals surface area (Å²) in [6.07, 6.45) is -2.65. The SMILES string of the molecule is NC(=S)c1nnn(CC(F)(F)F)c1C1CC1. The van der Waals surface area contributed by atoms with E-state index in [0.717, 1.165) is 17.5 Å². The minimum absolute atomic E-state index is 0.00433. The van der Waals surface area contributed by atoms with Gasteiger partial charge in [0.15, 0.2) is 0 Å². The lowest BCUT2D eigenvalue weighted by Gasteiger charge is -2.09. The number of rotatable bonds is 3. The Morgan fingerprint density at radius 3 is 2.56 bits per heavy atom. The number of nitrogens with zero attached hydrogens (tertiary/aromatic N) is 3. The molecule has 0 atom stereocenters. The first-order chi connectivity index (χ1) is 7.38. The molecule has 1 aromatic heterocycles. The van der Waals surface area contributed by atoms with Gasteiger partial charge in [0.05, 0.1) is 5.69 Å². The van der Waals surface area contributed by atoms with E-state index in [1.54, 1.807) is 0 Å². The van der Waals surface area contributed by atoms with Crippen LogP contribution in [0.3, 0.4) is 0 Å². The third-order valence-electron chi connectivity index (χ3n) is 2.30. The van der Waals surface area contributed by atoms with Gasteiger partial charge in [-0.15, -0.1) is 5.10 Å². The Bertz CT molecular complexity index is 421. The van der Waals surface area contributed by atoms with Crippen LogP contribution in [0.15, 0.2) is 0 Å². The van der Waals surface area contributed by atoms with Gasteiger partial charge in [-0.25, -0.2) is 4.68 Å². The second-order valence-corrected chi connectivity index (χ2v) is 4.17. The molecule has 1 aliphatic carbocycles. The molecule has 0 radical (unpaired) electrons. The molecule has 16 heavy (non-hydrogen) atoms. The van der Waals surface area contributed by atoms with E-state index in [1.165, 1.54) is 0 Å². The first-order valence-electron chi connectivity index (χ1n) is 4.68. The van der Waals surface area contributed by atoms with Crippen LogP contribution in [-0.2, 0) is 6.54 Å². The highest BCUT2D eigenvalue weighted by Crippen LogP contribution is 2.41. The Morgan fingerprint density at radius 2 is 2.12 bits per heavy atom. The van der Waals surface area contributed by atoms with Crippen LogP contribution < -0.4 is 5.73 Å². The zero-order valence-electron chi connectivity index (χ0n) is 8.16. The average Bonchev–Trinajstić information content (AvgIpc) is 2.86. The van der Waals surface area contributed by atoms with E-state index >= 15 is 0 Å². The normalized spacial score (nSPS) is 16.4. The van der Waals surface area contributed by atoms with Crippen LogP contribution in [0.5, 0.6) is 0 Å². The van der Waals surface area contributed by atoms with Crippen molar-refractivity contribution in [2.75, 3.05) is 0 Å². The standard InChI is InChI=1S/C8H9F3N4S/c9-8(10,11)3-15-6(4-1-2-4)5(7(12)16)13-14-15/h4H,1-3H2,(H2,12,16). The maximum Gasteiger partial charge on any atom is 0.408 e. The summed E-state index contributed by atoms with van der Waals surface area (Å²) in [5, 5.41) is 7.07. The second-order valence-electron chi connectivity index (χ2n) is 3.73. The Labute approximate surface area is 94.6 Å². The Hall–Kier alpha value is -1.18. The van der Waals surface area contributed by atoms with E-state index in [0.29, 0.717) is 5.69 Å². The fraction of sp³-hybridized carbons (Fsp3) is 0.625. The molecule has 1 aliphatic rings. The molecule has 0 aromatic carbocycles. The molecule has 88 valence electrons. The van der Waals surface area contributed by atoms with Crippen LogP contribution >= 0.6 is 12.2 Å². The minimum Gasteiger partial charge on any atom is -0.388 e. The lowest BCUT2D eigenvalue weighted by molar-refractivity contribution is -0.143. The molecule has 2 N–H and O–H groups in total. The molecule has 8 heteroatoms. The predicted octanol–water partition coefficient (Wildman–Crippen LogP) is 1.35. The molecule has 0 aliphatic heterocycles. The van der Waals surface area contributed by atoms with E-state index in [1.807, 2.05) is 0 Å². The van der Waals surface area contributed by atoms with Crippen molar-refractivity contribution in [3.8, 4) is 0 Å². The van der Waals surface area contributed by atoms with E-state index in [2.05, 4.69) is 10.3 Å². The van der Waals surface area contributed by atoms with Crippen molar-refractivity contribution in [2.45, 2.75) is 31.5 Å². The summed E-state index contributed by atoms with van der Waals surface area (Å²) in [5.74, 6) is 0.0637. The topological polar surface area (TPSA) is 56.7 Å². The van der Waals surface area contributed by atoms with E-state index in [-0.39, 0.29) is 16.6 Å². The van der Waals surface area contributed by atoms with Gasteiger partial charge >= 0.3 is 6.18 Å². The molecule has 1 aromatic rings. The highest BCUT2D eigenvalue weighted by atomic mass is 32.1. The third-order valence-corrected chi connectivity index (χ3v) is 2.49. The molecule has 0 amide bonds. The zero-order chi connectivity index (χ0) is 11.9. The second kappa shape index (κ2) is 3.69. The molecule has 0 saturated heterocycles. The molecule has 1 fully saturated rings. The Morgan fingerprint density at radius 1 is 1.50 bits per heavy atom. The average molecular weight is 250 g/mol. The largest absolute Gasteiger partial charge is 0.408 e. The molecule has 0 unspecified atom stereocenters. The van der Waals surface area contributed by atoms with E-state index in [9.17, 15) is 13.2 Å². The van der Waals surface area contributed by atoms with Crippen LogP contribution in [0.4, 0.5) is 13.2 Å². The highest BCUT2D eigenvalue weighted by molar-refractivity contribution is 7.80. The van der Waals surface area contributed by atoms with Crippen LogP contribution in [0, 0.1) is 0 Å². The summed E-state index contributed by atoms with van der Waals surface area (Å²) in [4.78, 5) is -0.00433. The van der Waals surface area contributed by atoms with Crippen molar-refractivity contribution in [3.63, 3.8) is 0 Å². The van der Waals surface area contributed by atoms with Gasteiger partial charge in [0.2, 0.25) is 0 Å². The first-order valence-corrected chi connectivity index (χ1v) is 5.09. The predicted molar refractivity (Wildman–Crippen MR) is 53.9 cm³/mol. The van der Waals surface area contributed by atoms with Crippen molar-refractivity contribution in [3.05, 3.63) is 11.4 Å². The van der Waals surface area contributed by atoms with Gasteiger partial charge in [0, 0.05) is 5.92 Å². The first kappa shape index (κ1) is 11.3. The van der Waals surface area contributed by atoms with Gasteiger partial charge in [0.1, 0.15) is 17.2 Å². The van der Waals surface area contributed by atoms with Crippen molar-refractivity contribution < 1.29 is 13.2 Å².